The van der Waals surface area contributed by atoms with Crippen LogP contribution in [0.5, 0.6) is 0 Å². The average molecular weight is 692 g/mol. The highest BCUT2D eigenvalue weighted by molar-refractivity contribution is 5.85. The van der Waals surface area contributed by atoms with Gasteiger partial charge in [-0.15, -0.1) is 0 Å². The van der Waals surface area contributed by atoms with Gasteiger partial charge in [-0.2, -0.15) is 5.10 Å². The number of fused-ring (bicyclic) bond motifs is 7. The summed E-state index contributed by atoms with van der Waals surface area (Å²) in [6, 6.07) is 15.4. The van der Waals surface area contributed by atoms with Gasteiger partial charge in [0.2, 0.25) is 5.95 Å². The smallest absolute Gasteiger partial charge is 0.208 e. The molecule has 2 aromatic carbocycles. The summed E-state index contributed by atoms with van der Waals surface area (Å²) in [4.78, 5) is 14.5. The van der Waals surface area contributed by atoms with Crippen LogP contribution >= 0.6 is 0 Å². The van der Waals surface area contributed by atoms with Crippen LogP contribution in [0.4, 0.5) is 26.1 Å². The van der Waals surface area contributed by atoms with Crippen molar-refractivity contribution in [1.29, 1.82) is 0 Å². The van der Waals surface area contributed by atoms with Crippen LogP contribution in [0.2, 0.25) is 0 Å². The van der Waals surface area contributed by atoms with E-state index in [2.05, 4.69) is 73.9 Å². The van der Waals surface area contributed by atoms with E-state index in [0.29, 0.717) is 23.7 Å². The molecule has 266 valence electrons. The fourth-order valence-electron chi connectivity index (χ4n) is 8.09. The molecular formula is C40H47F2N9. The van der Waals surface area contributed by atoms with Gasteiger partial charge in [0.05, 0.1) is 22.9 Å². The van der Waals surface area contributed by atoms with Crippen molar-refractivity contribution in [2.24, 2.45) is 13.0 Å². The molecule has 3 aliphatic rings. The third-order valence-corrected chi connectivity index (χ3v) is 10.9. The number of imidazole rings is 1. The van der Waals surface area contributed by atoms with Crippen molar-refractivity contribution in [2.75, 3.05) is 41.3 Å². The number of piperidine rings is 1. The SMILES string of the molecule is C=C1Nc2nc3ccc(N4CC(NC5CCN(c6cc(F)cc(F)c6)CC5)C4)cc3n2C[C@H](C)CCCCc2c(cnn2C)-c2cc1cc(C)n2. The van der Waals surface area contributed by atoms with Crippen LogP contribution in [0.25, 0.3) is 28.0 Å². The third kappa shape index (κ3) is 6.96. The Hall–Kier alpha value is -4.77. The number of aryl methyl sites for hydroxylation is 2. The molecule has 0 radical (unpaired) electrons. The van der Waals surface area contributed by atoms with Gasteiger partial charge < -0.3 is 25.0 Å². The van der Waals surface area contributed by atoms with Gasteiger partial charge in [-0.1, -0.05) is 19.9 Å². The van der Waals surface area contributed by atoms with E-state index in [1.165, 1.54) is 23.5 Å². The second-order valence-corrected chi connectivity index (χ2v) is 14.8. The van der Waals surface area contributed by atoms with Crippen molar-refractivity contribution >= 4 is 34.1 Å². The Bertz CT molecular complexity index is 2050. The van der Waals surface area contributed by atoms with E-state index >= 15 is 0 Å². The maximum Gasteiger partial charge on any atom is 0.208 e. The van der Waals surface area contributed by atoms with Gasteiger partial charge in [0.25, 0.3) is 0 Å². The average Bonchev–Trinajstić information content (AvgIpc) is 3.62. The number of hydrogen-bond donors (Lipinski definition) is 2. The van der Waals surface area contributed by atoms with Crippen LogP contribution in [-0.2, 0) is 20.0 Å². The topological polar surface area (TPSA) is 79.1 Å². The van der Waals surface area contributed by atoms with Gasteiger partial charge in [-0.3, -0.25) is 9.67 Å². The van der Waals surface area contributed by atoms with Gasteiger partial charge >= 0.3 is 0 Å². The minimum absolute atomic E-state index is 0.398. The zero-order valence-corrected chi connectivity index (χ0v) is 29.8. The molecule has 2 bridgehead atoms. The molecule has 3 aliphatic heterocycles. The number of hydrogen-bond acceptors (Lipinski definition) is 7. The lowest BCUT2D eigenvalue weighted by Crippen LogP contribution is -2.61. The van der Waals surface area contributed by atoms with E-state index < -0.39 is 11.6 Å². The highest BCUT2D eigenvalue weighted by Crippen LogP contribution is 2.33. The molecule has 5 aromatic rings. The largest absolute Gasteiger partial charge is 0.371 e. The van der Waals surface area contributed by atoms with Crippen LogP contribution in [-0.4, -0.2) is 62.6 Å². The standard InChI is InChI=1S/C40H47F2N9/c1-25-7-5-6-8-38-35(21-43-48(38)4)37-16-28(15-26(2)44-37)27(3)45-40-47-36-10-9-33(20-39(36)51(40)22-25)50-23-32(24-50)46-31-11-13-49(14-12-31)34-18-29(41)17-30(42)19-34/h9-10,15-21,25,31-32,46H,3,5-8,11-14,22-24H2,1-2,4H3,(H,45,47)/t25-/m1/s1. The van der Waals surface area contributed by atoms with E-state index in [-0.39, 0.29) is 0 Å². The molecule has 11 heteroatoms. The molecule has 2 saturated heterocycles. The van der Waals surface area contributed by atoms with Gasteiger partial charge in [0.15, 0.2) is 0 Å². The second-order valence-electron chi connectivity index (χ2n) is 14.8. The highest BCUT2D eigenvalue weighted by atomic mass is 19.1. The number of nitrogens with zero attached hydrogens (tertiary/aromatic N) is 7. The quantitative estimate of drug-likeness (QED) is 0.205. The van der Waals surface area contributed by atoms with Crippen LogP contribution in [0.3, 0.4) is 0 Å². The normalized spacial score (nSPS) is 19.2. The maximum atomic E-state index is 13.8. The third-order valence-electron chi connectivity index (χ3n) is 10.9. The predicted molar refractivity (Wildman–Crippen MR) is 201 cm³/mol. The van der Waals surface area contributed by atoms with Crippen LogP contribution < -0.4 is 20.4 Å². The van der Waals surface area contributed by atoms with Crippen LogP contribution in [0, 0.1) is 24.5 Å². The van der Waals surface area contributed by atoms with E-state index in [1.54, 1.807) is 0 Å². The molecule has 2 N–H and O–H groups in total. The lowest BCUT2D eigenvalue weighted by Gasteiger charge is -2.44. The number of anilines is 3. The summed E-state index contributed by atoms with van der Waals surface area (Å²) in [5, 5.41) is 12.0. The second kappa shape index (κ2) is 13.7. The Morgan fingerprint density at radius 1 is 0.863 bits per heavy atom. The Morgan fingerprint density at radius 2 is 1.65 bits per heavy atom. The van der Waals surface area contributed by atoms with Gasteiger partial charge in [0, 0.05) is 97.5 Å². The summed E-state index contributed by atoms with van der Waals surface area (Å²) in [6.07, 6.45) is 8.15. The first kappa shape index (κ1) is 33.4. The Morgan fingerprint density at radius 3 is 2.43 bits per heavy atom. The fraction of sp³-hybridized carbons (Fsp3) is 0.425. The summed E-state index contributed by atoms with van der Waals surface area (Å²) < 4.78 is 31.9. The molecule has 0 saturated carbocycles. The van der Waals surface area contributed by atoms with Crippen molar-refractivity contribution in [3.63, 3.8) is 0 Å². The number of nitrogens with one attached hydrogen (secondary N) is 2. The minimum atomic E-state index is -0.525. The lowest BCUT2D eigenvalue weighted by molar-refractivity contribution is 0.328. The molecule has 51 heavy (non-hydrogen) atoms. The first-order valence-electron chi connectivity index (χ1n) is 18.4. The van der Waals surface area contributed by atoms with Crippen molar-refractivity contribution in [3.05, 3.63) is 89.9 Å². The van der Waals surface area contributed by atoms with Crippen molar-refractivity contribution in [3.8, 4) is 11.3 Å². The first-order chi connectivity index (χ1) is 24.7. The van der Waals surface area contributed by atoms with E-state index in [4.69, 9.17) is 9.97 Å². The molecule has 0 unspecified atom stereocenters. The van der Waals surface area contributed by atoms with Crippen molar-refractivity contribution in [1.82, 2.24) is 29.6 Å². The summed E-state index contributed by atoms with van der Waals surface area (Å²) >= 11 is 0. The number of rotatable bonds is 4. The molecule has 9 nitrogen and oxygen atoms in total. The lowest BCUT2D eigenvalue weighted by atomic mass is 10.00. The number of pyridine rings is 1. The van der Waals surface area contributed by atoms with Gasteiger partial charge in [0.1, 0.15) is 11.6 Å². The van der Waals surface area contributed by atoms with E-state index in [9.17, 15) is 8.78 Å². The Balaban J connectivity index is 0.976. The van der Waals surface area contributed by atoms with Crippen LogP contribution in [0.15, 0.2) is 61.3 Å². The summed E-state index contributed by atoms with van der Waals surface area (Å²) in [7, 11) is 2.02. The van der Waals surface area contributed by atoms with E-state index in [0.717, 1.165) is 123 Å². The number of halogens is 2. The molecular weight excluding hydrogens is 644 g/mol. The van der Waals surface area contributed by atoms with Gasteiger partial charge in [-0.05, 0) is 87.4 Å². The van der Waals surface area contributed by atoms with E-state index in [1.807, 2.05) is 24.9 Å². The molecule has 1 atom stereocenters. The zero-order valence-electron chi connectivity index (χ0n) is 29.8. The molecule has 0 aliphatic carbocycles. The minimum Gasteiger partial charge on any atom is -0.371 e. The van der Waals surface area contributed by atoms with Crippen molar-refractivity contribution < 1.29 is 8.78 Å². The van der Waals surface area contributed by atoms with Crippen LogP contribution in [0.1, 0.15) is 56.0 Å². The zero-order chi connectivity index (χ0) is 35.2. The summed E-state index contributed by atoms with van der Waals surface area (Å²) in [6.45, 7) is 13.1. The predicted octanol–water partition coefficient (Wildman–Crippen LogP) is 7.31. The Labute approximate surface area is 298 Å². The maximum absolute atomic E-state index is 13.8. The monoisotopic (exact) mass is 691 g/mol. The molecule has 3 aromatic heterocycles. The summed E-state index contributed by atoms with van der Waals surface area (Å²) in [5.74, 6) is 0.220. The highest BCUT2D eigenvalue weighted by Gasteiger charge is 2.31. The first-order valence-corrected chi connectivity index (χ1v) is 18.4. The fourth-order valence-corrected chi connectivity index (χ4v) is 8.09. The molecule has 0 amide bonds. The van der Waals surface area contributed by atoms with Crippen molar-refractivity contribution in [2.45, 2.75) is 71.0 Å². The molecule has 2 fully saturated rings. The van der Waals surface area contributed by atoms with Gasteiger partial charge in [-0.25, -0.2) is 13.8 Å². The number of aromatic nitrogens is 5. The molecule has 8 rings (SSSR count). The number of benzene rings is 2. The molecule has 6 heterocycles. The Kier molecular flexibility index (Phi) is 9.00. The summed E-state index contributed by atoms with van der Waals surface area (Å²) in [5.41, 5.74) is 9.87. The molecule has 0 spiro atoms.